The summed E-state index contributed by atoms with van der Waals surface area (Å²) in [6.07, 6.45) is -4.26. The third-order valence-electron chi connectivity index (χ3n) is 21.9. The number of aromatic hydroxyl groups is 2. The maximum atomic E-state index is 15.2. The molecule has 0 saturated carbocycles. The van der Waals surface area contributed by atoms with E-state index >= 15 is 28.8 Å². The molecular formula is C87H130N28O22S2. The second kappa shape index (κ2) is 60.7. The average Bonchev–Trinajstić information content (AvgIpc) is 1.62. The van der Waals surface area contributed by atoms with E-state index in [4.69, 9.17) is 56.4 Å². The molecule has 50 nitrogen and oxygen atoms in total. The molecule has 52 heteroatoms. The van der Waals surface area contributed by atoms with Gasteiger partial charge >= 0.3 is 24.0 Å². The molecular weight excluding hydrogens is 1850 g/mol. The zero-order valence-electron chi connectivity index (χ0n) is 76.6. The highest BCUT2D eigenvalue weighted by Gasteiger charge is 2.42. The molecule has 762 valence electrons. The van der Waals surface area contributed by atoms with Crippen LogP contribution in [0.1, 0.15) is 139 Å². The van der Waals surface area contributed by atoms with Crippen LogP contribution in [-0.4, -0.2) is 286 Å². The van der Waals surface area contributed by atoms with Crippen LogP contribution in [-0.2, 0) is 96.0 Å². The van der Waals surface area contributed by atoms with Crippen molar-refractivity contribution in [3.05, 3.63) is 108 Å². The monoisotopic (exact) mass is 1980 g/mol. The summed E-state index contributed by atoms with van der Waals surface area (Å²) < 4.78 is 0. The molecule has 38 N–H and O–H groups in total. The smallest absolute Gasteiger partial charge is 0.312 e. The van der Waals surface area contributed by atoms with Gasteiger partial charge in [-0.15, -0.1) is 0 Å². The van der Waals surface area contributed by atoms with E-state index in [0.29, 0.717) is 16.7 Å². The highest BCUT2D eigenvalue weighted by atomic mass is 32.1. The molecule has 1 heterocycles. The first kappa shape index (κ1) is 115. The number of hydrogen-bond acceptors (Lipinski definition) is 26. The molecule has 13 atom stereocenters. The van der Waals surface area contributed by atoms with Crippen LogP contribution in [0.4, 0.5) is 9.59 Å². The van der Waals surface area contributed by atoms with Gasteiger partial charge < -0.3 is 156 Å². The van der Waals surface area contributed by atoms with Crippen LogP contribution in [0.5, 0.6) is 11.5 Å². The number of hydrogen-bond donors (Lipinski definition) is 33. The molecule has 1 saturated heterocycles. The first-order chi connectivity index (χ1) is 66.1. The molecule has 0 aromatic heterocycles. The minimum atomic E-state index is -1.79. The summed E-state index contributed by atoms with van der Waals surface area (Å²) in [5.41, 5.74) is 39.7. The second-order valence-corrected chi connectivity index (χ2v) is 33.5. The fraction of sp³-hybridized carbons (Fsp3) is 0.506. The van der Waals surface area contributed by atoms with Gasteiger partial charge in [-0.2, -0.15) is 25.3 Å². The minimum Gasteiger partial charge on any atom is -0.508 e. The van der Waals surface area contributed by atoms with Crippen molar-refractivity contribution in [3.8, 4) is 11.5 Å². The predicted octanol–water partition coefficient (Wildman–Crippen LogP) is -6.02. The van der Waals surface area contributed by atoms with Gasteiger partial charge in [0.2, 0.25) is 82.7 Å². The lowest BCUT2D eigenvalue weighted by Crippen LogP contribution is -2.61. The lowest BCUT2D eigenvalue weighted by atomic mass is 10.00. The number of carboxylic acids is 2. The van der Waals surface area contributed by atoms with Crippen molar-refractivity contribution in [1.29, 1.82) is 16.2 Å². The molecule has 139 heavy (non-hydrogen) atoms. The van der Waals surface area contributed by atoms with Gasteiger partial charge in [0.15, 0.2) is 17.9 Å². The SMILES string of the molecule is N=C(N)NCCC[C@H](NC(=O)[C@H](CS)NC(=O)[C@H](CCCNC(N)=O)NC(=O)[C@H](CCCNC(=N)N)NC(=O)[C@H](Cc1ccc(O)cc1)NC(=O)[C@@H]1CCCN1C(=O)[C@@H](CCC(=O)O)NC(=O)[C@H](CCCCN)NC(=O)[C@H](CCCNC(N)=O)NC(=O)[C@H](Cc1ccc(O)cc1)NC(=O)[C@H](CS)NC(=O)[C@H](Cc1ccc2ccccc2c1)NC(=O)[C@H](CCCNC(=N)N)NC(=O)CCC(=O)O)C(N)=O. The predicted molar refractivity (Wildman–Crippen MR) is 514 cm³/mol. The summed E-state index contributed by atoms with van der Waals surface area (Å²) >= 11 is 8.64. The van der Waals surface area contributed by atoms with Crippen molar-refractivity contribution in [3.63, 3.8) is 0 Å². The average molecular weight is 1980 g/mol. The van der Waals surface area contributed by atoms with Crippen molar-refractivity contribution < 1.29 is 107 Å². The number of fused-ring (bicyclic) bond motifs is 1. The number of carboxylic acid groups (broad SMARTS) is 2. The van der Waals surface area contributed by atoms with E-state index in [0.717, 1.165) is 15.7 Å². The number of thiol groups is 2. The van der Waals surface area contributed by atoms with Crippen LogP contribution in [0.3, 0.4) is 0 Å². The van der Waals surface area contributed by atoms with Gasteiger partial charge in [0.05, 0.1) is 6.42 Å². The maximum Gasteiger partial charge on any atom is 0.312 e. The van der Waals surface area contributed by atoms with Gasteiger partial charge in [-0.1, -0.05) is 66.7 Å². The van der Waals surface area contributed by atoms with E-state index in [9.17, 15) is 78.0 Å². The molecule has 4 aromatic rings. The number of urea groups is 2. The van der Waals surface area contributed by atoms with Crippen molar-refractivity contribution >= 4 is 161 Å². The van der Waals surface area contributed by atoms with E-state index in [1.807, 2.05) is 12.1 Å². The normalized spacial score (nSPS) is 14.6. The Labute approximate surface area is 811 Å². The van der Waals surface area contributed by atoms with Crippen LogP contribution < -0.4 is 131 Å². The molecule has 4 aromatic carbocycles. The van der Waals surface area contributed by atoms with Gasteiger partial charge in [-0.05, 0) is 161 Å². The Morgan fingerprint density at radius 3 is 1.08 bits per heavy atom. The third kappa shape index (κ3) is 43.0. The van der Waals surface area contributed by atoms with E-state index < -0.39 is 229 Å². The second-order valence-electron chi connectivity index (χ2n) is 32.8. The summed E-state index contributed by atoms with van der Waals surface area (Å²) in [5.74, 6) is -19.1. The Morgan fingerprint density at radius 1 is 0.360 bits per heavy atom. The molecule has 18 amide bonds. The van der Waals surface area contributed by atoms with E-state index in [1.54, 1.807) is 30.3 Å². The molecule has 0 radical (unpaired) electrons. The third-order valence-corrected chi connectivity index (χ3v) is 22.6. The topological polar surface area (TPSA) is 850 Å². The lowest BCUT2D eigenvalue weighted by Gasteiger charge is -2.31. The van der Waals surface area contributed by atoms with Gasteiger partial charge in [-0.3, -0.25) is 92.9 Å². The zero-order valence-corrected chi connectivity index (χ0v) is 78.4. The number of primary amides is 3. The number of phenols is 2. The van der Waals surface area contributed by atoms with Crippen molar-refractivity contribution in [2.75, 3.05) is 57.3 Å². The number of nitrogens with one attached hydrogen (secondary N) is 20. The van der Waals surface area contributed by atoms with Crippen LogP contribution in [0.25, 0.3) is 10.8 Å². The highest BCUT2D eigenvalue weighted by Crippen LogP contribution is 2.24. The number of likely N-dealkylation sites (tertiary alicyclic amines) is 1. The fourth-order valence-corrected chi connectivity index (χ4v) is 15.1. The quantitative estimate of drug-likeness (QED) is 0.00847. The van der Waals surface area contributed by atoms with E-state index in [2.05, 4.69) is 116 Å². The van der Waals surface area contributed by atoms with Crippen LogP contribution in [0, 0.1) is 16.2 Å². The van der Waals surface area contributed by atoms with Gasteiger partial charge in [-0.25, -0.2) is 9.59 Å². The van der Waals surface area contributed by atoms with Gasteiger partial charge in [0.25, 0.3) is 0 Å². The van der Waals surface area contributed by atoms with E-state index in [-0.39, 0.29) is 184 Å². The van der Waals surface area contributed by atoms with Crippen molar-refractivity contribution in [2.45, 2.75) is 220 Å². The number of guanidine groups is 3. The van der Waals surface area contributed by atoms with Crippen LogP contribution in [0.2, 0.25) is 0 Å². The molecule has 1 fully saturated rings. The van der Waals surface area contributed by atoms with Crippen molar-refractivity contribution in [2.24, 2.45) is 40.1 Å². The molecule has 1 aliphatic rings. The molecule has 0 aliphatic carbocycles. The fourth-order valence-electron chi connectivity index (χ4n) is 14.6. The summed E-state index contributed by atoms with van der Waals surface area (Å²) in [7, 11) is 0. The summed E-state index contributed by atoms with van der Waals surface area (Å²) in [6.45, 7) is -0.325. The standard InChI is InChI=1S/C87H130N28O22S2/c88-34-4-3-13-56(105-72(125)58(17-8-38-101-86(96)136)107-76(129)61(42-47-21-26-52(116)27-22-47)111-80(133)65(46-139)114-78(131)63(44-49-20-25-50-11-1-2-12-51(50)41-49)110-71(124)55(15-6-36-99-84(92)93)103-67(118)31-33-69(121)122)74(127)109-60(30-32-68(119)120)82(135)115-40-10-19-66(115)81(134)112-62(43-48-23-28-53(117)29-24-48)77(130)108-57(16-7-37-100-85(94)95)73(126)106-59(18-9-39-102-87(97)137)75(128)113-64(45-138)79(132)104-54(70(89)123)14-5-35-98-83(90)91/h1-2,11-12,20-29,41,54-66,116-117,138-139H,3-10,13-19,30-40,42-46,88H2,(H2,89,123)(H,103,118)(H,104,132)(H,105,125)(H,106,126)(H,107,129)(H,108,130)(H,109,127)(H,110,124)(H,111,133)(H,112,134)(H,113,128)(H,114,131)(H,119,120)(H,121,122)(H4,90,91,98)(H4,92,93,99)(H4,94,95,100)(H3,96,101,136)(H3,97,102,137)/t54-,55-,56-,57-,58-,59-,60+,61-,62-,63-,64-,65-,66-/m0/s1. The van der Waals surface area contributed by atoms with Gasteiger partial charge in [0.1, 0.15) is 90.0 Å². The Hall–Kier alpha value is -14.7. The molecule has 0 bridgehead atoms. The number of nitrogens with two attached hydrogens (primary N) is 7. The number of rotatable bonds is 63. The minimum absolute atomic E-state index is 0.0126. The van der Waals surface area contributed by atoms with Crippen molar-refractivity contribution in [1.82, 2.24) is 95.3 Å². The van der Waals surface area contributed by atoms with Gasteiger partial charge in [0, 0.05) is 82.9 Å². The number of nitrogens with zero attached hydrogens (tertiary/aromatic N) is 1. The number of aliphatic carboxylic acids is 2. The summed E-state index contributed by atoms with van der Waals surface area (Å²) in [5, 5.41) is 108. The Morgan fingerprint density at radius 2 is 0.691 bits per heavy atom. The molecule has 0 spiro atoms. The van der Waals surface area contributed by atoms with E-state index in [1.165, 1.54) is 48.5 Å². The Kier molecular flexibility index (Phi) is 50.1. The number of carbonyl (C=O) groups excluding carboxylic acids is 16. The first-order valence-electron chi connectivity index (χ1n) is 45.0. The molecule has 1 aliphatic heterocycles. The Balaban J connectivity index is 1.46. The summed E-state index contributed by atoms with van der Waals surface area (Å²) in [6, 6.07) is 0.810. The van der Waals surface area contributed by atoms with Crippen LogP contribution in [0.15, 0.2) is 91.0 Å². The molecule has 0 unspecified atom stereocenters. The first-order valence-corrected chi connectivity index (χ1v) is 46.3. The largest absolute Gasteiger partial charge is 0.508 e. The Bertz CT molecular complexity index is 4910. The maximum absolute atomic E-state index is 15.2. The highest BCUT2D eigenvalue weighted by molar-refractivity contribution is 7.80. The number of carbonyl (C=O) groups is 18. The number of unbranched alkanes of at least 4 members (excludes halogenated alkanes) is 1. The lowest BCUT2D eigenvalue weighted by molar-refractivity contribution is -0.143. The molecule has 5 rings (SSSR count). The number of phenolic OH excluding ortho intramolecular Hbond substituents is 2. The summed E-state index contributed by atoms with van der Waals surface area (Å²) in [4.78, 5) is 251. The number of amides is 18. The zero-order chi connectivity index (χ0) is 103. The number of benzene rings is 4. The van der Waals surface area contributed by atoms with Crippen LogP contribution >= 0.6 is 25.3 Å².